The van der Waals surface area contributed by atoms with E-state index in [1.54, 1.807) is 0 Å². The molecule has 0 radical (unpaired) electrons. The van der Waals surface area contributed by atoms with Crippen LogP contribution < -0.4 is 61.4 Å². The summed E-state index contributed by atoms with van der Waals surface area (Å²) in [4.78, 5) is 12.0. The van der Waals surface area contributed by atoms with E-state index >= 15 is 0 Å². The Kier molecular flexibility index (Phi) is 47.7. The topological polar surface area (TPSA) is 128 Å². The molecule has 8 aliphatic rings. The molecular weight excluding hydrogens is 1780 g/mol. The smallest absolute Gasteiger partial charge is 0.119 e. The van der Waals surface area contributed by atoms with Gasteiger partial charge < -0.3 is 75.9 Å². The van der Waals surface area contributed by atoms with Crippen molar-refractivity contribution in [3.8, 4) is 11.5 Å². The molecule has 0 saturated carbocycles. The van der Waals surface area contributed by atoms with E-state index in [9.17, 15) is 0 Å². The number of piperazine rings is 2. The van der Waals surface area contributed by atoms with Gasteiger partial charge in [0.15, 0.2) is 0 Å². The highest BCUT2D eigenvalue weighted by molar-refractivity contribution is 6.33. The molecule has 8 heterocycles. The normalized spacial score (nSPS) is 19.3. The van der Waals surface area contributed by atoms with Crippen molar-refractivity contribution in [3.63, 3.8) is 0 Å². The number of piperidine rings is 3. The van der Waals surface area contributed by atoms with E-state index in [0.29, 0.717) is 67.6 Å². The number of ether oxygens (including phenoxy) is 3. The van der Waals surface area contributed by atoms with Crippen LogP contribution in [0.1, 0.15) is 291 Å². The predicted octanol–water partition coefficient (Wildman–Crippen LogP) is 26.6. The Morgan fingerprint density at radius 3 is 1.11 bits per heavy atom. The van der Waals surface area contributed by atoms with E-state index in [0.717, 1.165) is 217 Å². The number of anilines is 4. The number of likely N-dealkylation sites (tertiary alicyclic amines) is 2. The quantitative estimate of drug-likeness (QED) is 0.0391. The Bertz CT molecular complexity index is 4680. The minimum atomic E-state index is 0.229. The molecule has 0 aliphatic carbocycles. The molecular formula is C127H201ClN12O3. The van der Waals surface area contributed by atoms with E-state index < -0.39 is 0 Å². The first-order chi connectivity index (χ1) is 67.3. The molecule has 8 aromatic carbocycles. The number of nitrogens with zero attached hydrogens (tertiary/aromatic N) is 5. The van der Waals surface area contributed by atoms with Crippen molar-refractivity contribution in [2.45, 2.75) is 312 Å². The summed E-state index contributed by atoms with van der Waals surface area (Å²) >= 11 is 6.43. The molecule has 16 heteroatoms. The molecule has 4 atom stereocenters. The zero-order valence-electron chi connectivity index (χ0n) is 95.3. The highest BCUT2D eigenvalue weighted by Gasteiger charge is 2.28. The van der Waals surface area contributed by atoms with E-state index in [1.165, 1.54) is 129 Å². The first kappa shape index (κ1) is 119. The standard InChI is InChI=1S/C17H28N2.C17H27NO.2C16H26N2.C16H25NO.C15H23ClN2.C15H23NO.C15H23N/c1-17(2,3)12-14-7-9-15(10-8-14)19(4)16-6-5-11-18-13-16;1-17(2,3)13-14-5-7-15(8-6-14)19-16-9-11-18(4)12-10-16;1-13-11-14(12-16(2,3)4)5-6-15(13)18-9-7-17-8-10-18;1-16(2,3)12-13-4-6-14(7-5-13)18-15-8-10-17-11-9-15;1-16(2,3)11-13-5-7-14(8-6-13)18-15-9-10-17(4)12-15;1-15(2,3)11-12-4-5-14(13(16)10-12)18-8-6-17-7-9-18;1-15(2,3)10-12-4-6-13(7-5-12)14-11-16-8-9-17-14;1-15(2,3)10-12-4-6-13(7-5-12)14-8-9-16-11-14/h7-10,16,18H,5-6,11-13H2,1-4H3;5-8,16H,9-13H2,1-4H3;5-6,11,17H,7-10,12H2,1-4H3;4-7,15,17-18H,8-12H2,1-3H3;5-8,15H,9-12H2,1-4H3;4-5,10,17H,6-9,11H2,1-3H3;4-7,14,16H,8-11H2,1-3H3;4-7,14,16H,8-11H2,1-3H3. The fourth-order valence-electron chi connectivity index (χ4n) is 20.3. The van der Waals surface area contributed by atoms with Gasteiger partial charge in [0.25, 0.3) is 0 Å². The third kappa shape index (κ3) is 48.6. The lowest BCUT2D eigenvalue weighted by molar-refractivity contribution is 0.0277. The third-order valence-corrected chi connectivity index (χ3v) is 27.4. The number of likely N-dealkylation sites (N-methyl/N-ethyl adjacent to an activating group) is 2. The van der Waals surface area contributed by atoms with Gasteiger partial charge in [0.1, 0.15) is 23.7 Å². The number of halogens is 1. The van der Waals surface area contributed by atoms with Crippen molar-refractivity contribution in [1.29, 1.82) is 0 Å². The van der Waals surface area contributed by atoms with Crippen LogP contribution in [0.5, 0.6) is 11.5 Å². The molecule has 7 N–H and O–H groups in total. The minimum absolute atomic E-state index is 0.229. The number of aryl methyl sites for hydroxylation is 1. The number of morpholine rings is 1. The maximum Gasteiger partial charge on any atom is 0.119 e. The average Bonchev–Trinajstić information content (AvgIpc) is 1.08. The lowest BCUT2D eigenvalue weighted by Crippen LogP contribution is -2.44. The van der Waals surface area contributed by atoms with Crippen LogP contribution in [0.4, 0.5) is 22.7 Å². The number of nitrogens with one attached hydrogen (secondary N) is 7. The second-order valence-electron chi connectivity index (χ2n) is 52.4. The lowest BCUT2D eigenvalue weighted by Gasteiger charge is -2.33. The number of benzene rings is 8. The van der Waals surface area contributed by atoms with Gasteiger partial charge in [-0.2, -0.15) is 0 Å². The van der Waals surface area contributed by atoms with Crippen LogP contribution in [-0.2, 0) is 56.1 Å². The van der Waals surface area contributed by atoms with Crippen molar-refractivity contribution in [3.05, 3.63) is 248 Å². The van der Waals surface area contributed by atoms with Gasteiger partial charge in [0.2, 0.25) is 0 Å². The summed E-state index contributed by atoms with van der Waals surface area (Å²) < 4.78 is 17.8. The van der Waals surface area contributed by atoms with Gasteiger partial charge in [-0.1, -0.05) is 293 Å². The van der Waals surface area contributed by atoms with E-state index in [-0.39, 0.29) is 6.10 Å². The Morgan fingerprint density at radius 1 is 0.350 bits per heavy atom. The van der Waals surface area contributed by atoms with Gasteiger partial charge in [-0.15, -0.1) is 0 Å². The summed E-state index contributed by atoms with van der Waals surface area (Å²) in [5.74, 6) is 2.77. The van der Waals surface area contributed by atoms with Crippen LogP contribution in [0.25, 0.3) is 0 Å². The largest absolute Gasteiger partial charge is 0.490 e. The first-order valence-corrected chi connectivity index (χ1v) is 55.7. The Balaban J connectivity index is 0.000000182. The second kappa shape index (κ2) is 57.3. The second-order valence-corrected chi connectivity index (χ2v) is 52.8. The highest BCUT2D eigenvalue weighted by atomic mass is 35.5. The lowest BCUT2D eigenvalue weighted by atomic mass is 9.87. The van der Waals surface area contributed by atoms with Gasteiger partial charge in [-0.25, -0.2) is 0 Å². The minimum Gasteiger partial charge on any atom is -0.490 e. The van der Waals surface area contributed by atoms with Crippen LogP contribution in [0, 0.1) is 50.2 Å². The van der Waals surface area contributed by atoms with Gasteiger partial charge in [-0.05, 0) is 327 Å². The van der Waals surface area contributed by atoms with Crippen molar-refractivity contribution in [2.75, 3.05) is 179 Å². The molecule has 4 unspecified atom stereocenters. The van der Waals surface area contributed by atoms with E-state index in [1.807, 2.05) is 0 Å². The van der Waals surface area contributed by atoms with Crippen LogP contribution in [-0.4, -0.2) is 193 Å². The highest BCUT2D eigenvalue weighted by Crippen LogP contribution is 2.36. The Morgan fingerprint density at radius 2 is 0.713 bits per heavy atom. The molecule has 8 fully saturated rings. The average molecular weight is 1980 g/mol. The third-order valence-electron chi connectivity index (χ3n) is 27.1. The monoisotopic (exact) mass is 1980 g/mol. The molecule has 0 spiro atoms. The summed E-state index contributed by atoms with van der Waals surface area (Å²) in [7, 11) is 6.55. The van der Waals surface area contributed by atoms with Crippen molar-refractivity contribution in [2.24, 2.45) is 43.3 Å². The fourth-order valence-corrected chi connectivity index (χ4v) is 20.6. The SMILES string of the molecule is CC(C)(C)Cc1ccc(C2CCNC2)cc1.CC(C)(C)Cc1ccc(C2CNCCO2)cc1.CC(C)(C)Cc1ccc(N2CCNCC2)c(Cl)c1.CC(C)(C)Cc1ccc(NC2CCNCC2)cc1.CN(c1ccc(CC(C)(C)C)cc1)C1CCCNC1.CN1CCC(Oc2ccc(CC(C)(C)C)cc2)C1.CN1CCC(Oc2ccc(CC(C)(C)C)cc2)CC1.Cc1cc(CC(C)(C)C)ccc1N1CCNCC1. The van der Waals surface area contributed by atoms with Crippen molar-refractivity contribution in [1.82, 2.24) is 41.7 Å². The summed E-state index contributed by atoms with van der Waals surface area (Å²) in [6.07, 6.45) is 19.7. The number of rotatable bonds is 20. The van der Waals surface area contributed by atoms with Crippen LogP contribution in [0.2, 0.25) is 5.02 Å². The molecule has 794 valence electrons. The molecule has 143 heavy (non-hydrogen) atoms. The molecule has 8 aliphatic heterocycles. The van der Waals surface area contributed by atoms with Gasteiger partial charge in [0, 0.05) is 141 Å². The molecule has 8 aromatic rings. The number of hydrogen-bond acceptors (Lipinski definition) is 15. The maximum absolute atomic E-state index is 6.43. The summed E-state index contributed by atoms with van der Waals surface area (Å²) in [5.41, 5.74) is 23.5. The van der Waals surface area contributed by atoms with Crippen LogP contribution >= 0.6 is 11.6 Å². The van der Waals surface area contributed by atoms with Crippen molar-refractivity contribution >= 4 is 34.4 Å². The Labute approximate surface area is 878 Å². The molecule has 8 saturated heterocycles. The van der Waals surface area contributed by atoms with Crippen molar-refractivity contribution < 1.29 is 14.2 Å². The zero-order chi connectivity index (χ0) is 104. The number of hydrogen-bond donors (Lipinski definition) is 7. The maximum atomic E-state index is 6.43. The van der Waals surface area contributed by atoms with Gasteiger partial charge >= 0.3 is 0 Å². The fraction of sp³-hybridized carbons (Fsp3) is 0.622. The van der Waals surface area contributed by atoms with Crippen LogP contribution in [0.3, 0.4) is 0 Å². The molecule has 0 aromatic heterocycles. The summed E-state index contributed by atoms with van der Waals surface area (Å²) in [6.45, 7) is 79.7. The molecule has 15 nitrogen and oxygen atoms in total. The van der Waals surface area contributed by atoms with Gasteiger partial charge in [-0.3, -0.25) is 0 Å². The Hall–Kier alpha value is -7.51. The molecule has 0 amide bonds. The first-order valence-electron chi connectivity index (χ1n) is 55.3. The zero-order valence-corrected chi connectivity index (χ0v) is 96.0. The van der Waals surface area contributed by atoms with E-state index in [4.69, 9.17) is 25.8 Å². The predicted molar refractivity (Wildman–Crippen MR) is 620 cm³/mol. The van der Waals surface area contributed by atoms with Crippen LogP contribution in [0.15, 0.2) is 182 Å². The van der Waals surface area contributed by atoms with E-state index in [2.05, 4.69) is 438 Å². The molecule has 0 bridgehead atoms. The molecule has 16 rings (SSSR count). The summed E-state index contributed by atoms with van der Waals surface area (Å²) in [6, 6.07) is 68.3. The van der Waals surface area contributed by atoms with Gasteiger partial charge in [0.05, 0.1) is 23.4 Å². The summed E-state index contributed by atoms with van der Waals surface area (Å²) in [5, 5.41) is 25.0.